The normalized spacial score (nSPS) is 21.9. The fourth-order valence-corrected chi connectivity index (χ4v) is 4.23. The molecule has 5 nitrogen and oxygen atoms in total. The number of hydrogen-bond acceptors (Lipinski definition) is 4. The largest absolute Gasteiger partial charge is 0.396 e. The van der Waals surface area contributed by atoms with Gasteiger partial charge in [0.25, 0.3) is 10.0 Å². The highest BCUT2D eigenvalue weighted by Crippen LogP contribution is 2.28. The van der Waals surface area contributed by atoms with Gasteiger partial charge in [-0.3, -0.25) is 0 Å². The maximum Gasteiger partial charge on any atom is 0.262 e. The lowest BCUT2D eigenvalue weighted by atomic mass is 10.0. The van der Waals surface area contributed by atoms with Crippen molar-refractivity contribution in [3.63, 3.8) is 0 Å². The number of nitrogens with two attached hydrogens (primary N) is 1. The van der Waals surface area contributed by atoms with Crippen molar-refractivity contribution in [3.8, 4) is 0 Å². The van der Waals surface area contributed by atoms with Gasteiger partial charge in [-0.05, 0) is 31.4 Å². The zero-order valence-corrected chi connectivity index (χ0v) is 11.4. The van der Waals surface area contributed by atoms with Crippen molar-refractivity contribution in [1.29, 1.82) is 0 Å². The Kier molecular flexibility index (Phi) is 3.87. The Bertz CT molecular complexity index is 516. The van der Waals surface area contributed by atoms with Crippen molar-refractivity contribution < 1.29 is 8.42 Å². The van der Waals surface area contributed by atoms with Gasteiger partial charge < -0.3 is 5.73 Å². The van der Waals surface area contributed by atoms with Crippen LogP contribution in [0.15, 0.2) is 23.4 Å². The van der Waals surface area contributed by atoms with Gasteiger partial charge in [0, 0.05) is 18.8 Å². The van der Waals surface area contributed by atoms with Crippen LogP contribution in [0.5, 0.6) is 0 Å². The van der Waals surface area contributed by atoms with Crippen molar-refractivity contribution in [2.24, 2.45) is 0 Å². The Morgan fingerprint density at radius 3 is 2.94 bits per heavy atom. The lowest BCUT2D eigenvalue weighted by Gasteiger charge is -2.33. The molecule has 6 heteroatoms. The van der Waals surface area contributed by atoms with Gasteiger partial charge in [0.15, 0.2) is 5.03 Å². The van der Waals surface area contributed by atoms with Crippen molar-refractivity contribution in [3.05, 3.63) is 18.3 Å². The molecule has 0 aliphatic carbocycles. The highest BCUT2D eigenvalue weighted by atomic mass is 32.2. The van der Waals surface area contributed by atoms with E-state index in [9.17, 15) is 8.42 Å². The molecule has 0 spiro atoms. The Balaban J connectivity index is 2.39. The van der Waals surface area contributed by atoms with E-state index in [1.807, 2.05) is 6.92 Å². The number of nitrogens with zero attached hydrogens (tertiary/aromatic N) is 2. The summed E-state index contributed by atoms with van der Waals surface area (Å²) in [4.78, 5) is 3.94. The molecule has 1 fully saturated rings. The van der Waals surface area contributed by atoms with Crippen LogP contribution in [0.3, 0.4) is 0 Å². The summed E-state index contributed by atoms with van der Waals surface area (Å²) < 4.78 is 26.7. The summed E-state index contributed by atoms with van der Waals surface area (Å²) in [5.74, 6) is 0. The second-order valence-corrected chi connectivity index (χ2v) is 6.38. The fraction of sp³-hybridized carbons (Fsp3) is 0.583. The first kappa shape index (κ1) is 13.3. The molecule has 1 atom stereocenters. The van der Waals surface area contributed by atoms with Crippen molar-refractivity contribution in [1.82, 2.24) is 9.29 Å². The van der Waals surface area contributed by atoms with Crippen molar-refractivity contribution in [2.75, 3.05) is 12.3 Å². The first-order chi connectivity index (χ1) is 8.57. The topological polar surface area (TPSA) is 76.3 Å². The van der Waals surface area contributed by atoms with Gasteiger partial charge >= 0.3 is 0 Å². The summed E-state index contributed by atoms with van der Waals surface area (Å²) in [6, 6.07) is 3.29. The quantitative estimate of drug-likeness (QED) is 0.904. The van der Waals surface area contributed by atoms with Crippen LogP contribution in [-0.2, 0) is 10.0 Å². The van der Waals surface area contributed by atoms with Crippen LogP contribution in [0.1, 0.15) is 32.6 Å². The Hall–Kier alpha value is -1.14. The third kappa shape index (κ3) is 2.35. The molecule has 100 valence electrons. The number of sulfonamides is 1. The fourth-order valence-electron chi connectivity index (χ4n) is 2.43. The van der Waals surface area contributed by atoms with E-state index in [0.29, 0.717) is 6.54 Å². The minimum absolute atomic E-state index is 0.00894. The molecule has 1 aliphatic rings. The summed E-state index contributed by atoms with van der Waals surface area (Å²) in [5, 5.41) is -0.00894. The monoisotopic (exact) mass is 269 g/mol. The van der Waals surface area contributed by atoms with E-state index in [-0.39, 0.29) is 16.8 Å². The van der Waals surface area contributed by atoms with Crippen molar-refractivity contribution in [2.45, 2.75) is 43.7 Å². The van der Waals surface area contributed by atoms with E-state index >= 15 is 0 Å². The van der Waals surface area contributed by atoms with Gasteiger partial charge in [0.1, 0.15) is 0 Å². The third-order valence-corrected chi connectivity index (χ3v) is 5.33. The van der Waals surface area contributed by atoms with E-state index in [1.165, 1.54) is 6.20 Å². The summed E-state index contributed by atoms with van der Waals surface area (Å²) in [6.45, 7) is 2.58. The SMILES string of the molecule is CCC1CCCCN1S(=O)(=O)c1ncccc1N. The van der Waals surface area contributed by atoms with E-state index in [1.54, 1.807) is 16.4 Å². The molecule has 1 unspecified atom stereocenters. The Morgan fingerprint density at radius 2 is 2.28 bits per heavy atom. The summed E-state index contributed by atoms with van der Waals surface area (Å²) in [7, 11) is -3.56. The molecule has 2 rings (SSSR count). The molecule has 0 bridgehead atoms. The molecule has 1 aromatic heterocycles. The lowest BCUT2D eigenvalue weighted by molar-refractivity contribution is 0.246. The van der Waals surface area contributed by atoms with Crippen LogP contribution < -0.4 is 5.73 Å². The number of hydrogen-bond donors (Lipinski definition) is 1. The summed E-state index contributed by atoms with van der Waals surface area (Å²) in [5.41, 5.74) is 5.95. The van der Waals surface area contributed by atoms with Crippen LogP contribution in [0.4, 0.5) is 5.69 Å². The Labute approximate surface area is 108 Å². The van der Waals surface area contributed by atoms with Crippen LogP contribution in [0.25, 0.3) is 0 Å². The molecular weight excluding hydrogens is 250 g/mol. The van der Waals surface area contributed by atoms with Crippen LogP contribution >= 0.6 is 0 Å². The smallest absolute Gasteiger partial charge is 0.262 e. The van der Waals surface area contributed by atoms with Crippen molar-refractivity contribution >= 4 is 15.7 Å². The number of rotatable bonds is 3. The average Bonchev–Trinajstić information content (AvgIpc) is 2.39. The minimum Gasteiger partial charge on any atom is -0.396 e. The molecule has 18 heavy (non-hydrogen) atoms. The van der Waals surface area contributed by atoms with Gasteiger partial charge in [0.2, 0.25) is 0 Å². The number of aromatic nitrogens is 1. The lowest BCUT2D eigenvalue weighted by Crippen LogP contribution is -2.43. The zero-order chi connectivity index (χ0) is 13.2. The van der Waals surface area contributed by atoms with Gasteiger partial charge in [-0.2, -0.15) is 4.31 Å². The number of nitrogen functional groups attached to an aromatic ring is 1. The van der Waals surface area contributed by atoms with Crippen LogP contribution in [-0.4, -0.2) is 30.3 Å². The van der Waals surface area contributed by atoms with Gasteiger partial charge in [0.05, 0.1) is 5.69 Å². The Morgan fingerprint density at radius 1 is 1.50 bits per heavy atom. The standard InChI is InChI=1S/C12H19N3O2S/c1-2-10-6-3-4-9-15(10)18(16,17)12-11(13)7-5-8-14-12/h5,7-8,10H,2-4,6,9,13H2,1H3. The predicted molar refractivity (Wildman–Crippen MR) is 70.5 cm³/mol. The van der Waals surface area contributed by atoms with E-state index < -0.39 is 10.0 Å². The predicted octanol–water partition coefficient (Wildman–Crippen LogP) is 1.62. The molecule has 1 saturated heterocycles. The number of pyridine rings is 1. The van der Waals surface area contributed by atoms with Gasteiger partial charge in [-0.15, -0.1) is 0 Å². The summed E-state index contributed by atoms with van der Waals surface area (Å²) >= 11 is 0. The van der Waals surface area contributed by atoms with Crippen LogP contribution in [0, 0.1) is 0 Å². The maximum atomic E-state index is 12.6. The molecule has 2 N–H and O–H groups in total. The molecule has 2 heterocycles. The van der Waals surface area contributed by atoms with E-state index in [0.717, 1.165) is 25.7 Å². The molecule has 1 aliphatic heterocycles. The average molecular weight is 269 g/mol. The second-order valence-electron chi connectivity index (χ2n) is 4.57. The molecule has 0 amide bonds. The van der Waals surface area contributed by atoms with E-state index in [4.69, 9.17) is 5.73 Å². The third-order valence-electron chi connectivity index (χ3n) is 3.40. The molecule has 1 aromatic rings. The number of anilines is 1. The molecule has 0 aromatic carbocycles. The highest BCUT2D eigenvalue weighted by Gasteiger charge is 2.34. The summed E-state index contributed by atoms with van der Waals surface area (Å²) in [6.07, 6.45) is 5.20. The second kappa shape index (κ2) is 5.24. The first-order valence-electron chi connectivity index (χ1n) is 6.29. The molecular formula is C12H19N3O2S. The highest BCUT2D eigenvalue weighted by molar-refractivity contribution is 7.89. The number of piperidine rings is 1. The van der Waals surface area contributed by atoms with Crippen LogP contribution in [0.2, 0.25) is 0 Å². The maximum absolute atomic E-state index is 12.6. The minimum atomic E-state index is -3.56. The van der Waals surface area contributed by atoms with Gasteiger partial charge in [-0.25, -0.2) is 13.4 Å². The molecule has 0 radical (unpaired) electrons. The van der Waals surface area contributed by atoms with Gasteiger partial charge in [-0.1, -0.05) is 13.3 Å². The molecule has 0 saturated carbocycles. The van der Waals surface area contributed by atoms with E-state index in [2.05, 4.69) is 4.98 Å². The zero-order valence-electron chi connectivity index (χ0n) is 10.5. The first-order valence-corrected chi connectivity index (χ1v) is 7.73.